The van der Waals surface area contributed by atoms with Gasteiger partial charge in [0.15, 0.2) is 0 Å². The van der Waals surface area contributed by atoms with E-state index in [9.17, 15) is 17.2 Å². The Bertz CT molecular complexity index is 890. The van der Waals surface area contributed by atoms with E-state index < -0.39 is 15.9 Å². The van der Waals surface area contributed by atoms with Gasteiger partial charge in [-0.15, -0.1) is 0 Å². The van der Waals surface area contributed by atoms with Gasteiger partial charge in [-0.25, -0.2) is 8.78 Å². The van der Waals surface area contributed by atoms with Gasteiger partial charge >= 0.3 is 0 Å². The van der Waals surface area contributed by atoms with Crippen molar-refractivity contribution in [2.24, 2.45) is 5.73 Å². The van der Waals surface area contributed by atoms with Crippen LogP contribution in [-0.4, -0.2) is 14.7 Å². The van der Waals surface area contributed by atoms with Crippen LogP contribution in [0.25, 0.3) is 0 Å². The lowest BCUT2D eigenvalue weighted by molar-refractivity contribution is 0.310. The minimum absolute atomic E-state index is 0.144. The summed E-state index contributed by atoms with van der Waals surface area (Å²) in [6.07, 6.45) is 0.956. The first-order valence-electron chi connectivity index (χ1n) is 7.39. The highest BCUT2D eigenvalue weighted by molar-refractivity contribution is 9.10. The number of hydrogen-bond acceptors (Lipinski definition) is 4. The fraction of sp³-hybridized carbons (Fsp3) is 0.294. The van der Waals surface area contributed by atoms with E-state index in [4.69, 9.17) is 5.73 Å². The van der Waals surface area contributed by atoms with E-state index in [0.29, 0.717) is 32.2 Å². The van der Waals surface area contributed by atoms with E-state index in [-0.39, 0.29) is 12.4 Å². The normalized spacial score (nSPS) is 11.1. The summed E-state index contributed by atoms with van der Waals surface area (Å²) in [6, 6.07) is 6.63. The summed E-state index contributed by atoms with van der Waals surface area (Å²) in [4.78, 5) is 0. The molecule has 0 aliphatic rings. The molecule has 0 saturated heterocycles. The highest BCUT2D eigenvalue weighted by Gasteiger charge is 2.10. The number of rotatable bonds is 4. The van der Waals surface area contributed by atoms with E-state index >= 15 is 0 Å². The molecular weight excluding hydrogens is 496 g/mol. The van der Waals surface area contributed by atoms with E-state index in [1.54, 1.807) is 26.0 Å². The molecule has 2 aromatic rings. The van der Waals surface area contributed by atoms with Crippen molar-refractivity contribution in [2.75, 3.05) is 6.26 Å². The van der Waals surface area contributed by atoms with E-state index in [1.807, 2.05) is 6.07 Å². The van der Waals surface area contributed by atoms with Gasteiger partial charge in [-0.2, -0.15) is 8.42 Å². The zero-order valence-corrected chi connectivity index (χ0v) is 18.4. The van der Waals surface area contributed by atoms with Crippen molar-refractivity contribution in [3.05, 3.63) is 67.1 Å². The van der Waals surface area contributed by atoms with Crippen LogP contribution in [0.4, 0.5) is 8.78 Å². The predicted molar refractivity (Wildman–Crippen MR) is 105 cm³/mol. The van der Waals surface area contributed by atoms with E-state index in [0.717, 1.165) is 11.8 Å². The largest absolute Gasteiger partial charge is 0.326 e. The van der Waals surface area contributed by atoms with Crippen molar-refractivity contribution >= 4 is 42.0 Å². The molecule has 0 fully saturated rings. The Morgan fingerprint density at radius 1 is 0.962 bits per heavy atom. The molecule has 0 aromatic heterocycles. The smallest absolute Gasteiger partial charge is 0.264 e. The number of benzene rings is 2. The molecule has 2 aromatic carbocycles. The average molecular weight is 515 g/mol. The van der Waals surface area contributed by atoms with Crippen molar-refractivity contribution in [1.82, 2.24) is 0 Å². The summed E-state index contributed by atoms with van der Waals surface area (Å²) in [5.74, 6) is -0.613. The molecule has 0 atom stereocenters. The molecule has 0 aliphatic carbocycles. The first-order chi connectivity index (χ1) is 12.0. The number of hydrogen-bond donors (Lipinski definition) is 1. The van der Waals surface area contributed by atoms with Gasteiger partial charge in [-0.1, -0.05) is 12.1 Å². The van der Waals surface area contributed by atoms with E-state index in [2.05, 4.69) is 36.0 Å². The van der Waals surface area contributed by atoms with Gasteiger partial charge in [0.1, 0.15) is 11.6 Å². The molecule has 26 heavy (non-hydrogen) atoms. The highest BCUT2D eigenvalue weighted by atomic mass is 79.9. The average Bonchev–Trinajstić information content (AvgIpc) is 2.57. The van der Waals surface area contributed by atoms with Gasteiger partial charge < -0.3 is 5.73 Å². The van der Waals surface area contributed by atoms with Crippen molar-refractivity contribution in [2.45, 2.75) is 27.0 Å². The zero-order chi connectivity index (χ0) is 20.1. The Morgan fingerprint density at radius 2 is 1.38 bits per heavy atom. The van der Waals surface area contributed by atoms with Crippen molar-refractivity contribution in [3.8, 4) is 0 Å². The molecule has 9 heteroatoms. The van der Waals surface area contributed by atoms with Crippen LogP contribution in [0, 0.1) is 25.5 Å². The monoisotopic (exact) mass is 513 g/mol. The van der Waals surface area contributed by atoms with Crippen LogP contribution in [-0.2, 0) is 27.5 Å². The van der Waals surface area contributed by atoms with Gasteiger partial charge in [0, 0.05) is 6.54 Å². The second kappa shape index (κ2) is 9.89. The third kappa shape index (κ3) is 6.70. The zero-order valence-electron chi connectivity index (χ0n) is 14.4. The highest BCUT2D eigenvalue weighted by Crippen LogP contribution is 2.22. The Kier molecular flexibility index (Phi) is 8.81. The third-order valence-electron chi connectivity index (χ3n) is 3.55. The molecule has 0 spiro atoms. The molecular formula is C17H19Br2F2NO3S. The summed E-state index contributed by atoms with van der Waals surface area (Å²) >= 11 is 6.13. The fourth-order valence-corrected chi connectivity index (χ4v) is 3.13. The van der Waals surface area contributed by atoms with Gasteiger partial charge in [0.05, 0.1) is 21.8 Å². The van der Waals surface area contributed by atoms with E-state index in [1.165, 1.54) is 6.07 Å². The fourth-order valence-electron chi connectivity index (χ4n) is 1.93. The van der Waals surface area contributed by atoms with Crippen LogP contribution in [0.5, 0.6) is 0 Å². The SMILES string of the molecule is Cc1c(CN)ccc(Br)c1F.Cc1c(COS(C)(=O)=O)ccc(Br)c1F. The summed E-state index contributed by atoms with van der Waals surface area (Å²) < 4.78 is 53.3. The minimum Gasteiger partial charge on any atom is -0.326 e. The maximum atomic E-state index is 13.4. The molecule has 0 amide bonds. The molecule has 144 valence electrons. The Balaban J connectivity index is 0.000000273. The predicted octanol–water partition coefficient (Wildman–Crippen LogP) is 4.73. The second-order valence-electron chi connectivity index (χ2n) is 5.46. The van der Waals surface area contributed by atoms with Crippen LogP contribution >= 0.6 is 31.9 Å². The molecule has 2 rings (SSSR count). The van der Waals surface area contributed by atoms with Crippen molar-refractivity contribution in [3.63, 3.8) is 0 Å². The van der Waals surface area contributed by atoms with Crippen LogP contribution in [0.3, 0.4) is 0 Å². The number of nitrogens with two attached hydrogens (primary N) is 1. The topological polar surface area (TPSA) is 69.4 Å². The minimum atomic E-state index is -3.50. The standard InChI is InChI=1S/C9H10BrFO3S.C8H9BrFN/c1-6-7(5-14-15(2,12)13)3-4-8(10)9(6)11;1-5-6(4-11)2-3-7(9)8(5)10/h3-4H,5H2,1-2H3;2-3H,4,11H2,1H3. The van der Waals surface area contributed by atoms with Crippen LogP contribution < -0.4 is 5.73 Å². The lowest BCUT2D eigenvalue weighted by Gasteiger charge is -2.07. The van der Waals surface area contributed by atoms with Crippen molar-refractivity contribution in [1.29, 1.82) is 0 Å². The van der Waals surface area contributed by atoms with Crippen molar-refractivity contribution < 1.29 is 21.4 Å². The molecule has 4 nitrogen and oxygen atoms in total. The van der Waals surface area contributed by atoms with Gasteiger partial charge in [0.2, 0.25) is 0 Å². The first-order valence-corrected chi connectivity index (χ1v) is 10.8. The first kappa shape index (κ1) is 23.2. The maximum absolute atomic E-state index is 13.4. The summed E-state index contributed by atoms with van der Waals surface area (Å²) in [5.41, 5.74) is 7.76. The molecule has 0 bridgehead atoms. The Labute approximate surface area is 169 Å². The number of halogens is 4. The van der Waals surface area contributed by atoms with Crippen LogP contribution in [0.1, 0.15) is 22.3 Å². The van der Waals surface area contributed by atoms with Gasteiger partial charge in [0.25, 0.3) is 10.1 Å². The Morgan fingerprint density at radius 3 is 1.81 bits per heavy atom. The molecule has 0 saturated carbocycles. The quantitative estimate of drug-likeness (QED) is 0.599. The summed E-state index contributed by atoms with van der Waals surface area (Å²) in [7, 11) is -3.50. The Hall–Kier alpha value is -0.870. The molecule has 0 heterocycles. The van der Waals surface area contributed by atoms with Crippen LogP contribution in [0.2, 0.25) is 0 Å². The summed E-state index contributed by atoms with van der Waals surface area (Å²) in [6.45, 7) is 3.54. The molecule has 0 aliphatic heterocycles. The summed E-state index contributed by atoms with van der Waals surface area (Å²) in [5, 5.41) is 0. The maximum Gasteiger partial charge on any atom is 0.264 e. The molecule has 2 N–H and O–H groups in total. The lowest BCUT2D eigenvalue weighted by atomic mass is 10.1. The molecule has 0 unspecified atom stereocenters. The molecule has 0 radical (unpaired) electrons. The second-order valence-corrected chi connectivity index (χ2v) is 8.81. The van der Waals surface area contributed by atoms with Gasteiger partial charge in [-0.3, -0.25) is 4.18 Å². The third-order valence-corrected chi connectivity index (χ3v) is 5.32. The van der Waals surface area contributed by atoms with Crippen LogP contribution in [0.15, 0.2) is 33.2 Å². The van der Waals surface area contributed by atoms with Gasteiger partial charge in [-0.05, 0) is 80.1 Å². The lowest BCUT2D eigenvalue weighted by Crippen LogP contribution is -2.04.